The minimum absolute atomic E-state index is 0.132. The van der Waals surface area contributed by atoms with Gasteiger partial charge in [-0.1, -0.05) is 69.1 Å². The molecule has 0 heterocycles. The van der Waals surface area contributed by atoms with Crippen molar-refractivity contribution >= 4 is 22.7 Å². The highest BCUT2D eigenvalue weighted by Crippen LogP contribution is 2.35. The van der Waals surface area contributed by atoms with Gasteiger partial charge in [0.2, 0.25) is 0 Å². The molecule has 8 heteroatoms. The maximum atomic E-state index is 10.8. The van der Waals surface area contributed by atoms with Crippen LogP contribution in [0.4, 0.5) is 0 Å². The average molecular weight is 500 g/mol. The summed E-state index contributed by atoms with van der Waals surface area (Å²) in [5.74, 6) is 4.07. The van der Waals surface area contributed by atoms with E-state index in [1.165, 1.54) is 39.2 Å². The van der Waals surface area contributed by atoms with Crippen molar-refractivity contribution in [2.24, 2.45) is 5.73 Å². The molecular weight excluding hydrogens is 462 g/mol. The van der Waals surface area contributed by atoms with E-state index in [4.69, 9.17) is 20.7 Å². The number of hydrogen-bond donors (Lipinski definition) is 5. The number of methoxy groups -OCH3 is 1. The molecule has 0 amide bonds. The van der Waals surface area contributed by atoms with Crippen molar-refractivity contribution in [3.63, 3.8) is 0 Å². The second kappa shape index (κ2) is 17.1. The SMILES string of the molecule is CCCCCCCCC#Cc1ccc2ccc([C@@H](OC)[C@@H](N)CO)c(O)c2c1.O=C(O)C=CC(=O)O. The van der Waals surface area contributed by atoms with Crippen molar-refractivity contribution in [2.45, 2.75) is 64.0 Å². The first-order chi connectivity index (χ1) is 17.2. The third-order valence-corrected chi connectivity index (χ3v) is 5.44. The monoisotopic (exact) mass is 499 g/mol. The standard InChI is InChI=1S/C24H33NO3.C4H4O4/c1-3-4-5-6-7-8-9-10-11-18-12-13-19-14-15-20(23(27)21(19)16-18)24(28-2)22(25)17-26;5-3(6)1-2-4(7)8/h12-16,22,24,26-27H,3-9,17,25H2,1-2H3;1-2H,(H,5,6)(H,7,8)/t22-,24+;/m0./s1. The van der Waals surface area contributed by atoms with E-state index in [9.17, 15) is 19.8 Å². The van der Waals surface area contributed by atoms with Crippen LogP contribution in [-0.4, -0.2) is 52.1 Å². The van der Waals surface area contributed by atoms with Gasteiger partial charge >= 0.3 is 11.9 Å². The smallest absolute Gasteiger partial charge is 0.328 e. The molecule has 6 N–H and O–H groups in total. The zero-order valence-electron chi connectivity index (χ0n) is 20.9. The summed E-state index contributed by atoms with van der Waals surface area (Å²) in [7, 11) is 1.52. The van der Waals surface area contributed by atoms with Crippen molar-refractivity contribution in [3.8, 4) is 17.6 Å². The number of nitrogens with two attached hydrogens (primary N) is 1. The Bertz CT molecular complexity index is 1050. The van der Waals surface area contributed by atoms with Gasteiger partial charge in [0.1, 0.15) is 11.9 Å². The van der Waals surface area contributed by atoms with Crippen LogP contribution in [0.2, 0.25) is 0 Å². The van der Waals surface area contributed by atoms with E-state index in [-0.39, 0.29) is 12.4 Å². The molecule has 0 fully saturated rings. The van der Waals surface area contributed by atoms with E-state index >= 15 is 0 Å². The Labute approximate surface area is 212 Å². The van der Waals surface area contributed by atoms with Crippen LogP contribution in [0.1, 0.15) is 69.1 Å². The van der Waals surface area contributed by atoms with E-state index in [1.807, 2.05) is 24.3 Å². The minimum Gasteiger partial charge on any atom is -0.507 e. The normalized spacial score (nSPS) is 12.3. The van der Waals surface area contributed by atoms with Gasteiger partial charge in [-0.05, 0) is 23.9 Å². The number of phenols is 1. The summed E-state index contributed by atoms with van der Waals surface area (Å²) in [6.07, 6.45) is 9.01. The summed E-state index contributed by atoms with van der Waals surface area (Å²) in [6, 6.07) is 8.96. The molecule has 0 aliphatic heterocycles. The molecule has 196 valence electrons. The summed E-state index contributed by atoms with van der Waals surface area (Å²) >= 11 is 0. The highest BCUT2D eigenvalue weighted by Gasteiger charge is 2.23. The van der Waals surface area contributed by atoms with Crippen molar-refractivity contribution in [1.82, 2.24) is 0 Å². The number of aromatic hydroxyl groups is 1. The van der Waals surface area contributed by atoms with Crippen molar-refractivity contribution in [1.29, 1.82) is 0 Å². The first-order valence-electron chi connectivity index (χ1n) is 12.0. The van der Waals surface area contributed by atoms with E-state index in [1.54, 1.807) is 6.07 Å². The highest BCUT2D eigenvalue weighted by atomic mass is 16.5. The van der Waals surface area contributed by atoms with Gasteiger partial charge in [-0.2, -0.15) is 0 Å². The number of carboxylic acid groups (broad SMARTS) is 2. The number of carboxylic acids is 2. The Kier molecular flexibility index (Phi) is 14.6. The van der Waals surface area contributed by atoms with Crippen LogP contribution in [0.25, 0.3) is 10.8 Å². The fraction of sp³-hybridized carbons (Fsp3) is 0.429. The Balaban J connectivity index is 0.000000697. The summed E-state index contributed by atoms with van der Waals surface area (Å²) in [5, 5.41) is 37.4. The lowest BCUT2D eigenvalue weighted by Gasteiger charge is -2.22. The molecule has 0 aromatic heterocycles. The molecule has 2 aromatic rings. The van der Waals surface area contributed by atoms with Crippen LogP contribution in [0, 0.1) is 11.8 Å². The zero-order chi connectivity index (χ0) is 26.9. The lowest BCUT2D eigenvalue weighted by atomic mass is 9.97. The van der Waals surface area contributed by atoms with Crippen molar-refractivity contribution in [3.05, 3.63) is 53.6 Å². The van der Waals surface area contributed by atoms with Crippen molar-refractivity contribution in [2.75, 3.05) is 13.7 Å². The lowest BCUT2D eigenvalue weighted by Crippen LogP contribution is -2.33. The Morgan fingerprint density at radius 2 is 1.64 bits per heavy atom. The summed E-state index contributed by atoms with van der Waals surface area (Å²) in [5.41, 5.74) is 7.39. The number of rotatable bonds is 12. The van der Waals surface area contributed by atoms with Crippen molar-refractivity contribution < 1.29 is 34.8 Å². The van der Waals surface area contributed by atoms with Gasteiger partial charge in [-0.15, -0.1) is 0 Å². The number of fused-ring (bicyclic) bond motifs is 1. The molecule has 0 bridgehead atoms. The molecule has 0 radical (unpaired) electrons. The molecule has 0 saturated heterocycles. The van der Waals surface area contributed by atoms with Gasteiger partial charge in [-0.25, -0.2) is 9.59 Å². The molecule has 0 spiro atoms. The van der Waals surface area contributed by atoms with E-state index < -0.39 is 24.1 Å². The summed E-state index contributed by atoms with van der Waals surface area (Å²) in [4.78, 5) is 19.1. The second-order valence-electron chi connectivity index (χ2n) is 8.27. The fourth-order valence-electron chi connectivity index (χ4n) is 3.56. The summed E-state index contributed by atoms with van der Waals surface area (Å²) in [6.45, 7) is 2.01. The second-order valence-corrected chi connectivity index (χ2v) is 8.27. The quantitative estimate of drug-likeness (QED) is 0.164. The number of aliphatic carboxylic acids is 2. The number of benzene rings is 2. The molecule has 2 aromatic carbocycles. The number of unbranched alkanes of at least 4 members (excludes halogenated alkanes) is 6. The van der Waals surface area contributed by atoms with E-state index in [0.29, 0.717) is 17.7 Å². The highest BCUT2D eigenvalue weighted by molar-refractivity contribution is 5.91. The molecule has 0 unspecified atom stereocenters. The van der Waals surface area contributed by atoms with Gasteiger partial charge in [0.15, 0.2) is 0 Å². The molecular formula is C28H37NO7. The topological polar surface area (TPSA) is 150 Å². The predicted molar refractivity (Wildman–Crippen MR) is 140 cm³/mol. The van der Waals surface area contributed by atoms with Crippen LogP contribution in [0.15, 0.2) is 42.5 Å². The van der Waals surface area contributed by atoms with Crippen LogP contribution < -0.4 is 5.73 Å². The molecule has 0 aliphatic rings. The maximum absolute atomic E-state index is 10.8. The largest absolute Gasteiger partial charge is 0.507 e. The zero-order valence-corrected chi connectivity index (χ0v) is 20.9. The number of aliphatic hydroxyl groups is 1. The molecule has 0 aliphatic carbocycles. The fourth-order valence-corrected chi connectivity index (χ4v) is 3.56. The first kappa shape index (κ1) is 30.7. The van der Waals surface area contributed by atoms with Gasteiger partial charge in [-0.3, -0.25) is 0 Å². The average Bonchev–Trinajstić information content (AvgIpc) is 2.86. The van der Waals surface area contributed by atoms with Gasteiger partial charge < -0.3 is 30.9 Å². The summed E-state index contributed by atoms with van der Waals surface area (Å²) < 4.78 is 5.40. The van der Waals surface area contributed by atoms with Gasteiger partial charge in [0.05, 0.1) is 12.6 Å². The van der Waals surface area contributed by atoms with Crippen LogP contribution in [-0.2, 0) is 14.3 Å². The van der Waals surface area contributed by atoms with Crippen LogP contribution >= 0.6 is 0 Å². The van der Waals surface area contributed by atoms with Gasteiger partial charge in [0, 0.05) is 42.2 Å². The van der Waals surface area contributed by atoms with E-state index in [2.05, 4.69) is 18.8 Å². The van der Waals surface area contributed by atoms with Crippen LogP contribution in [0.5, 0.6) is 5.75 Å². The third kappa shape index (κ3) is 10.9. The minimum atomic E-state index is -1.26. The molecule has 2 rings (SSSR count). The molecule has 8 nitrogen and oxygen atoms in total. The molecule has 36 heavy (non-hydrogen) atoms. The number of aliphatic hydroxyl groups excluding tert-OH is 1. The number of hydrogen-bond acceptors (Lipinski definition) is 6. The predicted octanol–water partition coefficient (Wildman–Crippen LogP) is 4.37. The Hall–Kier alpha value is -3.38. The maximum Gasteiger partial charge on any atom is 0.328 e. The van der Waals surface area contributed by atoms with Gasteiger partial charge in [0.25, 0.3) is 0 Å². The molecule has 2 atom stereocenters. The number of carbonyl (C=O) groups is 2. The number of ether oxygens (including phenoxy) is 1. The van der Waals surface area contributed by atoms with Crippen LogP contribution in [0.3, 0.4) is 0 Å². The van der Waals surface area contributed by atoms with E-state index in [0.717, 1.165) is 29.2 Å². The number of phenolic OH excluding ortho intramolecular Hbond substituents is 1. The third-order valence-electron chi connectivity index (χ3n) is 5.44. The lowest BCUT2D eigenvalue weighted by molar-refractivity contribution is -0.134. The molecule has 0 saturated carbocycles. The Morgan fingerprint density at radius 3 is 2.22 bits per heavy atom. The first-order valence-corrected chi connectivity index (χ1v) is 12.0. The Morgan fingerprint density at radius 1 is 1.03 bits per heavy atom.